The minimum atomic E-state index is -0.509. The molecule has 6 heterocycles. The summed E-state index contributed by atoms with van der Waals surface area (Å²) < 4.78 is 0. The van der Waals surface area contributed by atoms with E-state index in [1.807, 2.05) is 62.4 Å². The van der Waals surface area contributed by atoms with Crippen LogP contribution in [0.25, 0.3) is 21.8 Å². The number of amidine groups is 1. The van der Waals surface area contributed by atoms with Crippen LogP contribution in [0.1, 0.15) is 41.5 Å². The summed E-state index contributed by atoms with van der Waals surface area (Å²) in [5.74, 6) is 8.65. The lowest BCUT2D eigenvalue weighted by Crippen LogP contribution is -2.56. The first kappa shape index (κ1) is 24.7. The predicted molar refractivity (Wildman–Crippen MR) is 161 cm³/mol. The van der Waals surface area contributed by atoms with E-state index in [0.29, 0.717) is 29.1 Å². The third-order valence-electron chi connectivity index (χ3n) is 8.43. The summed E-state index contributed by atoms with van der Waals surface area (Å²) in [5, 5.41) is 6.86. The van der Waals surface area contributed by atoms with Crippen LogP contribution in [0.3, 0.4) is 0 Å². The number of nitrogens with two attached hydrogens (primary N) is 3. The summed E-state index contributed by atoms with van der Waals surface area (Å²) in [6.07, 6.45) is 1.83. The number of anilines is 2. The molecule has 0 saturated carbocycles. The molecule has 2 atom stereocenters. The molecule has 204 valence electrons. The molecule has 0 spiro atoms. The lowest BCUT2D eigenvalue weighted by atomic mass is 9.84. The van der Waals surface area contributed by atoms with Gasteiger partial charge in [0.05, 0.1) is 17.1 Å². The summed E-state index contributed by atoms with van der Waals surface area (Å²) in [4.78, 5) is 22.1. The van der Waals surface area contributed by atoms with Gasteiger partial charge < -0.3 is 21.7 Å². The number of hydrogen-bond donors (Lipinski definition) is 4. The zero-order chi connectivity index (χ0) is 27.5. The summed E-state index contributed by atoms with van der Waals surface area (Å²) >= 11 is 0. The van der Waals surface area contributed by atoms with E-state index in [1.165, 1.54) is 12.8 Å². The van der Waals surface area contributed by atoms with Gasteiger partial charge in [0.1, 0.15) is 5.84 Å². The molecule has 10 heteroatoms. The largest absolute Gasteiger partial charge is 0.398 e. The minimum Gasteiger partial charge on any atom is -0.398 e. The van der Waals surface area contributed by atoms with Crippen molar-refractivity contribution < 1.29 is 0 Å². The van der Waals surface area contributed by atoms with Gasteiger partial charge in [-0.05, 0) is 93.7 Å². The fraction of sp³-hybridized carbons (Fsp3) is 0.333. The number of guanidine groups is 1. The second-order valence-corrected chi connectivity index (χ2v) is 11.3. The molecule has 2 aromatic heterocycles. The smallest absolute Gasteiger partial charge is 0.216 e. The van der Waals surface area contributed by atoms with Crippen LogP contribution in [0, 0.1) is 19.8 Å². The van der Waals surface area contributed by atoms with E-state index < -0.39 is 6.17 Å². The average Bonchev–Trinajstić information content (AvgIpc) is 2.94. The molecule has 10 nitrogen and oxygen atoms in total. The van der Waals surface area contributed by atoms with Crippen LogP contribution in [0.5, 0.6) is 0 Å². The van der Waals surface area contributed by atoms with Gasteiger partial charge in [-0.25, -0.2) is 15.8 Å². The van der Waals surface area contributed by atoms with Crippen molar-refractivity contribution in [2.24, 2.45) is 21.7 Å². The average molecular weight is 535 g/mol. The second-order valence-electron chi connectivity index (χ2n) is 11.3. The summed E-state index contributed by atoms with van der Waals surface area (Å²) in [6.45, 7) is 7.15. The Morgan fingerprint density at radius 1 is 0.875 bits per heavy atom. The summed E-state index contributed by atoms with van der Waals surface area (Å²) in [6, 6.07) is 16.0. The van der Waals surface area contributed by atoms with Gasteiger partial charge in [0, 0.05) is 45.6 Å². The number of hydrazine groups is 1. The Morgan fingerprint density at radius 3 is 2.17 bits per heavy atom. The van der Waals surface area contributed by atoms with Gasteiger partial charge in [-0.2, -0.15) is 0 Å². The SMILES string of the molecule is Cc1cc(N)c2cc(C3=NC(c4ccc5nc(C)cc(N)c5c4)N(N)C(=NC4CN5CCC4CC5)N3)ccc2n1. The van der Waals surface area contributed by atoms with Crippen LogP contribution >= 0.6 is 0 Å². The fourth-order valence-corrected chi connectivity index (χ4v) is 6.33. The quantitative estimate of drug-likeness (QED) is 0.293. The van der Waals surface area contributed by atoms with Crippen LogP contribution in [0.2, 0.25) is 0 Å². The summed E-state index contributed by atoms with van der Waals surface area (Å²) in [5.41, 5.74) is 19.4. The van der Waals surface area contributed by atoms with Crippen LogP contribution in [0.4, 0.5) is 11.4 Å². The number of rotatable bonds is 3. The first-order chi connectivity index (χ1) is 19.3. The normalized spacial score (nSPS) is 25.4. The molecule has 2 unspecified atom stereocenters. The Labute approximate surface area is 233 Å². The van der Waals surface area contributed by atoms with E-state index in [0.717, 1.165) is 64.0 Å². The number of aryl methyl sites for hydroxylation is 2. The second kappa shape index (κ2) is 9.42. The molecule has 4 aliphatic heterocycles. The van der Waals surface area contributed by atoms with Gasteiger partial charge in [-0.3, -0.25) is 15.0 Å². The zero-order valence-corrected chi connectivity index (χ0v) is 22.8. The van der Waals surface area contributed by atoms with E-state index in [-0.39, 0.29) is 6.04 Å². The highest BCUT2D eigenvalue weighted by atomic mass is 15.6. The highest BCUT2D eigenvalue weighted by Gasteiger charge is 2.36. The van der Waals surface area contributed by atoms with Crippen LogP contribution in [0.15, 0.2) is 58.5 Å². The number of hydrogen-bond acceptors (Lipinski definition) is 8. The molecule has 3 saturated heterocycles. The Morgan fingerprint density at radius 2 is 1.52 bits per heavy atom. The lowest BCUT2D eigenvalue weighted by molar-refractivity contribution is 0.0895. The van der Waals surface area contributed by atoms with Crippen molar-refractivity contribution in [2.45, 2.75) is 38.9 Å². The molecule has 40 heavy (non-hydrogen) atoms. The van der Waals surface area contributed by atoms with E-state index in [9.17, 15) is 0 Å². The Hall–Kier alpha value is -4.28. The molecule has 8 rings (SSSR count). The van der Waals surface area contributed by atoms with Gasteiger partial charge in [-0.15, -0.1) is 0 Å². The molecule has 2 aromatic carbocycles. The Bertz CT molecular complexity index is 1700. The fourth-order valence-electron chi connectivity index (χ4n) is 6.33. The van der Waals surface area contributed by atoms with E-state index in [2.05, 4.69) is 20.2 Å². The van der Waals surface area contributed by atoms with Crippen molar-refractivity contribution in [3.8, 4) is 0 Å². The van der Waals surface area contributed by atoms with Crippen molar-refractivity contribution in [3.05, 3.63) is 71.0 Å². The highest BCUT2D eigenvalue weighted by molar-refractivity contribution is 6.12. The minimum absolute atomic E-state index is 0.190. The van der Waals surface area contributed by atoms with Crippen LogP contribution < -0.4 is 22.6 Å². The molecular formula is C30H34N10. The number of pyridine rings is 2. The molecule has 4 aliphatic rings. The maximum atomic E-state index is 6.79. The third kappa shape index (κ3) is 4.29. The Balaban J connectivity index is 1.34. The first-order valence-electron chi connectivity index (χ1n) is 13.9. The number of nitrogens with one attached hydrogen (secondary N) is 1. The van der Waals surface area contributed by atoms with Crippen LogP contribution in [-0.4, -0.2) is 57.3 Å². The number of piperidine rings is 3. The van der Waals surface area contributed by atoms with E-state index >= 15 is 0 Å². The van der Waals surface area contributed by atoms with E-state index in [4.69, 9.17) is 27.3 Å². The van der Waals surface area contributed by atoms with Gasteiger partial charge in [-0.1, -0.05) is 6.07 Å². The number of aliphatic imine (C=N–C) groups is 2. The van der Waals surface area contributed by atoms with Gasteiger partial charge in [0.25, 0.3) is 0 Å². The van der Waals surface area contributed by atoms with Crippen molar-refractivity contribution in [3.63, 3.8) is 0 Å². The van der Waals surface area contributed by atoms with Crippen LogP contribution in [-0.2, 0) is 0 Å². The predicted octanol–water partition coefficient (Wildman–Crippen LogP) is 3.24. The molecule has 4 aromatic rings. The number of nitrogen functional groups attached to an aromatic ring is 2. The topological polar surface area (TPSA) is 147 Å². The lowest BCUT2D eigenvalue weighted by Gasteiger charge is -2.44. The molecule has 0 aliphatic carbocycles. The number of fused-ring (bicyclic) bond motifs is 5. The van der Waals surface area contributed by atoms with Crippen molar-refractivity contribution >= 4 is 45.0 Å². The van der Waals surface area contributed by atoms with Gasteiger partial charge in [0.2, 0.25) is 5.96 Å². The molecule has 7 N–H and O–H groups in total. The molecule has 0 amide bonds. The molecule has 0 radical (unpaired) electrons. The zero-order valence-electron chi connectivity index (χ0n) is 22.8. The first-order valence-corrected chi connectivity index (χ1v) is 13.9. The maximum absolute atomic E-state index is 6.79. The monoisotopic (exact) mass is 534 g/mol. The molecular weight excluding hydrogens is 500 g/mol. The maximum Gasteiger partial charge on any atom is 0.216 e. The number of aromatic nitrogens is 2. The van der Waals surface area contributed by atoms with Crippen molar-refractivity contribution in [1.29, 1.82) is 0 Å². The van der Waals surface area contributed by atoms with Gasteiger partial charge >= 0.3 is 0 Å². The van der Waals surface area contributed by atoms with Crippen molar-refractivity contribution in [2.75, 3.05) is 31.1 Å². The summed E-state index contributed by atoms with van der Waals surface area (Å²) in [7, 11) is 0. The van der Waals surface area contributed by atoms with E-state index in [1.54, 1.807) is 5.01 Å². The Kier molecular flexibility index (Phi) is 5.83. The van der Waals surface area contributed by atoms with Crippen molar-refractivity contribution in [1.82, 2.24) is 25.2 Å². The third-order valence-corrected chi connectivity index (χ3v) is 8.43. The number of nitrogens with zero attached hydrogens (tertiary/aromatic N) is 6. The molecule has 2 bridgehead atoms. The highest BCUT2D eigenvalue weighted by Crippen LogP contribution is 2.33. The number of benzene rings is 2. The molecule has 3 fully saturated rings. The standard InChI is InChI=1S/C30H34N10/c1-16-11-23(31)21-13-19(3-5-25(21)34-16)28-37-29(20-4-6-26-22(14-20)24(32)12-17(2)35-26)40(33)30(38-28)36-27-15-39-9-7-18(27)8-10-39/h3-6,11-14,18,27,29H,7-10,15,33H2,1-2H3,(H2,31,34)(H2,32,35)(H,36,37,38). The van der Waals surface area contributed by atoms with Gasteiger partial charge in [0.15, 0.2) is 6.17 Å².